The SMILES string of the molecule is [2H]c1nc([2H])n(C([2H])([2H])[2H])c1N. The van der Waals surface area contributed by atoms with E-state index >= 15 is 0 Å². The number of nitrogen functional groups attached to an aromatic ring is 1. The van der Waals surface area contributed by atoms with Crippen molar-refractivity contribution in [2.45, 2.75) is 0 Å². The quantitative estimate of drug-likeness (QED) is 0.501. The van der Waals surface area contributed by atoms with Crippen molar-refractivity contribution in [2.24, 2.45) is 6.98 Å². The van der Waals surface area contributed by atoms with E-state index in [2.05, 4.69) is 4.98 Å². The summed E-state index contributed by atoms with van der Waals surface area (Å²) in [5, 5.41) is 0. The van der Waals surface area contributed by atoms with Crippen molar-refractivity contribution in [3.63, 3.8) is 0 Å². The van der Waals surface area contributed by atoms with E-state index in [4.69, 9.17) is 12.6 Å². The summed E-state index contributed by atoms with van der Waals surface area (Å²) in [6.45, 7) is -2.53. The van der Waals surface area contributed by atoms with Gasteiger partial charge >= 0.3 is 0 Å². The smallest absolute Gasteiger partial charge is 0.122 e. The predicted octanol–water partition coefficient (Wildman–Crippen LogP) is 0.00230. The van der Waals surface area contributed by atoms with Crippen LogP contribution in [0.4, 0.5) is 5.82 Å². The van der Waals surface area contributed by atoms with E-state index in [1.807, 2.05) is 0 Å². The molecule has 0 saturated heterocycles. The van der Waals surface area contributed by atoms with Crippen molar-refractivity contribution in [2.75, 3.05) is 5.73 Å². The molecule has 7 heavy (non-hydrogen) atoms. The van der Waals surface area contributed by atoms with Crippen LogP contribution in [0.5, 0.6) is 0 Å². The fourth-order valence-corrected chi connectivity index (χ4v) is 0.236. The topological polar surface area (TPSA) is 43.8 Å². The van der Waals surface area contributed by atoms with Gasteiger partial charge in [0, 0.05) is 11.1 Å². The molecule has 0 radical (unpaired) electrons. The first-order chi connectivity index (χ1) is 5.34. The van der Waals surface area contributed by atoms with Crippen LogP contribution in [-0.2, 0) is 6.98 Å². The fraction of sp³-hybridized carbons (Fsp3) is 0.250. The van der Waals surface area contributed by atoms with Crippen molar-refractivity contribution >= 4 is 5.82 Å². The molecule has 0 unspecified atom stereocenters. The van der Waals surface area contributed by atoms with Crippen LogP contribution in [0.15, 0.2) is 12.5 Å². The maximum atomic E-state index is 7.08. The van der Waals surface area contributed by atoms with Crippen LogP contribution in [0, 0.1) is 0 Å². The molecule has 0 fully saturated rings. The average Bonchev–Trinajstić information content (AvgIpc) is 2.05. The molecule has 0 atom stereocenters. The second-order valence-corrected chi connectivity index (χ2v) is 1.04. The van der Waals surface area contributed by atoms with Crippen molar-refractivity contribution in [3.05, 3.63) is 12.5 Å². The highest BCUT2D eigenvalue weighted by Crippen LogP contribution is 1.92. The van der Waals surface area contributed by atoms with E-state index in [0.29, 0.717) is 4.57 Å². The van der Waals surface area contributed by atoms with Gasteiger partial charge in [-0.3, -0.25) is 0 Å². The number of hydrogen-bond donors (Lipinski definition) is 1. The van der Waals surface area contributed by atoms with E-state index in [1.54, 1.807) is 0 Å². The van der Waals surface area contributed by atoms with Gasteiger partial charge in [0.15, 0.2) is 0 Å². The molecular formula is C4H7N3. The second-order valence-electron chi connectivity index (χ2n) is 1.04. The van der Waals surface area contributed by atoms with Crippen LogP contribution >= 0.6 is 0 Å². The van der Waals surface area contributed by atoms with Crippen LogP contribution in [0.25, 0.3) is 0 Å². The Bertz CT molecular complexity index is 300. The summed E-state index contributed by atoms with van der Waals surface area (Å²) in [5.74, 6) is -0.306. The molecule has 38 valence electrons. The van der Waals surface area contributed by atoms with Gasteiger partial charge in [-0.15, -0.1) is 0 Å². The van der Waals surface area contributed by atoms with Gasteiger partial charge in [0.05, 0.1) is 13.8 Å². The highest BCUT2D eigenvalue weighted by molar-refractivity contribution is 5.23. The third kappa shape index (κ3) is 0.559. The number of hydrogen-bond acceptors (Lipinski definition) is 2. The van der Waals surface area contributed by atoms with Gasteiger partial charge in [-0.2, -0.15) is 0 Å². The van der Waals surface area contributed by atoms with Gasteiger partial charge < -0.3 is 10.3 Å². The summed E-state index contributed by atoms with van der Waals surface area (Å²) in [7, 11) is 0. The number of nitrogens with zero attached hydrogens (tertiary/aromatic N) is 2. The largest absolute Gasteiger partial charge is 0.384 e. The zero-order chi connectivity index (χ0) is 9.52. The normalized spacial score (nSPS) is 21.4. The van der Waals surface area contributed by atoms with E-state index in [1.165, 1.54) is 0 Å². The van der Waals surface area contributed by atoms with E-state index < -0.39 is 13.3 Å². The lowest BCUT2D eigenvalue weighted by molar-refractivity contribution is 0.925. The summed E-state index contributed by atoms with van der Waals surface area (Å²) in [5.41, 5.74) is 5.22. The van der Waals surface area contributed by atoms with Crippen LogP contribution in [0.2, 0.25) is 0 Å². The maximum absolute atomic E-state index is 7.08. The van der Waals surface area contributed by atoms with Crippen LogP contribution in [-0.4, -0.2) is 9.55 Å². The van der Waals surface area contributed by atoms with Crippen LogP contribution in [0.1, 0.15) is 6.85 Å². The Morgan fingerprint density at radius 3 is 3.43 bits per heavy atom. The molecule has 2 N–H and O–H groups in total. The molecule has 1 aromatic rings. The first-order valence-electron chi connectivity index (χ1n) is 4.16. The van der Waals surface area contributed by atoms with Gasteiger partial charge in [-0.05, 0) is 0 Å². The Labute approximate surface area is 48.8 Å². The lowest BCUT2D eigenvalue weighted by Crippen LogP contribution is -1.92. The molecule has 0 aliphatic rings. The Morgan fingerprint density at radius 1 is 2.29 bits per heavy atom. The van der Waals surface area contributed by atoms with E-state index in [-0.39, 0.29) is 12.0 Å². The van der Waals surface area contributed by atoms with E-state index in [9.17, 15) is 0 Å². The molecule has 0 aliphatic carbocycles. The molecule has 0 aliphatic heterocycles. The molecule has 1 rings (SSSR count). The Balaban J connectivity index is 3.32. The summed E-state index contributed by atoms with van der Waals surface area (Å²) < 4.78 is 35.5. The minimum atomic E-state index is -2.53. The third-order valence-electron chi connectivity index (χ3n) is 0.561. The Morgan fingerprint density at radius 2 is 3.14 bits per heavy atom. The van der Waals surface area contributed by atoms with Crippen molar-refractivity contribution in [1.29, 1.82) is 0 Å². The summed E-state index contributed by atoms with van der Waals surface area (Å²) in [4.78, 5) is 3.29. The summed E-state index contributed by atoms with van der Waals surface area (Å²) >= 11 is 0. The molecule has 1 heterocycles. The number of anilines is 1. The number of rotatable bonds is 0. The van der Waals surface area contributed by atoms with E-state index in [0.717, 1.165) is 0 Å². The van der Waals surface area contributed by atoms with Gasteiger partial charge in [0.25, 0.3) is 0 Å². The first kappa shape index (κ1) is 1.24. The van der Waals surface area contributed by atoms with Crippen molar-refractivity contribution in [3.8, 4) is 0 Å². The summed E-state index contributed by atoms with van der Waals surface area (Å²) in [6.07, 6.45) is -0.895. The van der Waals surface area contributed by atoms with Gasteiger partial charge in [-0.1, -0.05) is 0 Å². The highest BCUT2D eigenvalue weighted by Gasteiger charge is 1.84. The average molecular weight is 102 g/mol. The monoisotopic (exact) mass is 102 g/mol. The van der Waals surface area contributed by atoms with Gasteiger partial charge in [-0.25, -0.2) is 4.98 Å². The lowest BCUT2D eigenvalue weighted by atomic mass is 10.8. The second kappa shape index (κ2) is 1.26. The molecule has 3 nitrogen and oxygen atoms in total. The third-order valence-corrected chi connectivity index (χ3v) is 0.561. The predicted molar refractivity (Wildman–Crippen MR) is 27.6 cm³/mol. The van der Waals surface area contributed by atoms with Gasteiger partial charge in [0.2, 0.25) is 0 Å². The van der Waals surface area contributed by atoms with Crippen molar-refractivity contribution in [1.82, 2.24) is 9.55 Å². The highest BCUT2D eigenvalue weighted by atomic mass is 15.1. The molecule has 0 spiro atoms. The van der Waals surface area contributed by atoms with Gasteiger partial charge in [0.1, 0.15) is 7.19 Å². The molecular weight excluding hydrogens is 90.1 g/mol. The minimum Gasteiger partial charge on any atom is -0.384 e. The van der Waals surface area contributed by atoms with Crippen LogP contribution in [0.3, 0.4) is 0 Å². The first-order valence-corrected chi connectivity index (χ1v) is 1.66. The minimum absolute atomic E-state index is 0.306. The molecule has 0 amide bonds. The molecule has 0 saturated carbocycles. The fourth-order valence-electron chi connectivity index (χ4n) is 0.236. The van der Waals surface area contributed by atoms with Crippen LogP contribution < -0.4 is 5.73 Å². The molecule has 1 aromatic heterocycles. The lowest BCUT2D eigenvalue weighted by Gasteiger charge is -1.87. The number of aromatic nitrogens is 2. The standard InChI is InChI=1S/C4H7N3/c1-7-3-6-2-4(7)5/h2-3H,5H2,1H3/i1D3,2D,3D. The summed E-state index contributed by atoms with van der Waals surface area (Å²) in [6, 6.07) is 0. The van der Waals surface area contributed by atoms with Crippen molar-refractivity contribution < 1.29 is 6.85 Å². The molecule has 0 aromatic carbocycles. The molecule has 0 bridgehead atoms. The maximum Gasteiger partial charge on any atom is 0.122 e. The zero-order valence-corrected chi connectivity index (χ0v) is 3.47. The number of nitrogens with two attached hydrogens (primary N) is 1. The Hall–Kier alpha value is -0.990. The number of imidazole rings is 1. The molecule has 3 heteroatoms. The Kier molecular flexibility index (Phi) is 0.223. The zero-order valence-electron chi connectivity index (χ0n) is 8.47.